The van der Waals surface area contributed by atoms with Gasteiger partial charge in [-0.05, 0) is 49.6 Å². The largest absolute Gasteiger partial charge is 0.375 e. The highest BCUT2D eigenvalue weighted by Crippen LogP contribution is 2.45. The van der Waals surface area contributed by atoms with Gasteiger partial charge in [0.2, 0.25) is 5.16 Å². The second-order valence-electron chi connectivity index (χ2n) is 5.41. The van der Waals surface area contributed by atoms with Gasteiger partial charge in [0, 0.05) is 18.4 Å². The molecule has 0 amide bonds. The number of hydrogen-bond acceptors (Lipinski definition) is 6. The first-order valence-corrected chi connectivity index (χ1v) is 7.91. The molecule has 2 fully saturated rings. The van der Waals surface area contributed by atoms with Crippen molar-refractivity contribution in [3.05, 3.63) is 0 Å². The highest BCUT2D eigenvalue weighted by atomic mass is 32.2. The zero-order chi connectivity index (χ0) is 13.1. The average Bonchev–Trinajstić information content (AvgIpc) is 2.82. The normalized spacial score (nSPS) is 25.4. The van der Waals surface area contributed by atoms with Gasteiger partial charge >= 0.3 is 0 Å². The van der Waals surface area contributed by atoms with Crippen molar-refractivity contribution in [1.29, 1.82) is 0 Å². The quantitative estimate of drug-likeness (QED) is 0.872. The van der Waals surface area contributed by atoms with Crippen LogP contribution < -0.4 is 5.32 Å². The molecule has 1 aromatic rings. The topological polar surface area (TPSA) is 64.9 Å². The Morgan fingerprint density at radius 1 is 1.53 bits per heavy atom. The Hall–Kier alpha value is -0.660. The third-order valence-corrected chi connectivity index (χ3v) is 5.30. The number of hydrogen-bond donors (Lipinski definition) is 1. The van der Waals surface area contributed by atoms with E-state index in [0.717, 1.165) is 37.7 Å². The van der Waals surface area contributed by atoms with Crippen molar-refractivity contribution >= 4 is 11.8 Å². The molecule has 1 aliphatic carbocycles. The molecular formula is C12H21N5OS. The second-order valence-corrected chi connectivity index (χ2v) is 6.67. The van der Waals surface area contributed by atoms with Gasteiger partial charge in [-0.15, -0.1) is 5.10 Å². The summed E-state index contributed by atoms with van der Waals surface area (Å²) in [6.45, 7) is 2.59. The van der Waals surface area contributed by atoms with Crippen molar-refractivity contribution in [3.63, 3.8) is 0 Å². The first-order chi connectivity index (χ1) is 9.31. The van der Waals surface area contributed by atoms with Gasteiger partial charge in [0.1, 0.15) is 0 Å². The molecule has 2 aliphatic rings. The molecular weight excluding hydrogens is 262 g/mol. The predicted octanol–water partition coefficient (Wildman–Crippen LogP) is 1.09. The molecule has 0 bridgehead atoms. The summed E-state index contributed by atoms with van der Waals surface area (Å²) in [7, 11) is 1.94. The second kappa shape index (κ2) is 5.76. The van der Waals surface area contributed by atoms with Crippen LogP contribution in [0.2, 0.25) is 0 Å². The summed E-state index contributed by atoms with van der Waals surface area (Å²) < 4.78 is 7.86. The summed E-state index contributed by atoms with van der Waals surface area (Å²) in [5.74, 6) is 0. The lowest BCUT2D eigenvalue weighted by atomic mass is 9.75. The van der Waals surface area contributed by atoms with E-state index >= 15 is 0 Å². The number of likely N-dealkylation sites (N-methyl/N-ethyl adjacent to an activating group) is 1. The number of tetrazole rings is 1. The molecule has 1 aliphatic heterocycles. The summed E-state index contributed by atoms with van der Waals surface area (Å²) in [5, 5.41) is 16.7. The Balaban J connectivity index is 1.59. The van der Waals surface area contributed by atoms with Gasteiger partial charge < -0.3 is 10.1 Å². The minimum absolute atomic E-state index is 0.194. The number of aromatic nitrogens is 4. The Kier molecular flexibility index (Phi) is 4.04. The average molecular weight is 283 g/mol. The Morgan fingerprint density at radius 2 is 2.42 bits per heavy atom. The van der Waals surface area contributed by atoms with Gasteiger partial charge in [-0.3, -0.25) is 0 Å². The van der Waals surface area contributed by atoms with Crippen LogP contribution in [0.25, 0.3) is 0 Å². The fourth-order valence-electron chi connectivity index (χ4n) is 2.79. The van der Waals surface area contributed by atoms with Gasteiger partial charge in [0.05, 0.1) is 12.1 Å². The van der Waals surface area contributed by atoms with E-state index in [-0.39, 0.29) is 5.60 Å². The van der Waals surface area contributed by atoms with Gasteiger partial charge in [0.15, 0.2) is 0 Å². The molecule has 1 saturated heterocycles. The molecule has 1 spiro atoms. The van der Waals surface area contributed by atoms with Crippen LogP contribution in [0.5, 0.6) is 0 Å². The van der Waals surface area contributed by atoms with E-state index in [1.807, 2.05) is 23.5 Å². The molecule has 1 aromatic heterocycles. The Labute approximate surface area is 117 Å². The summed E-state index contributed by atoms with van der Waals surface area (Å²) in [5.41, 5.74) is 0.194. The molecule has 1 N–H and O–H groups in total. The van der Waals surface area contributed by atoms with E-state index in [1.165, 1.54) is 19.3 Å². The van der Waals surface area contributed by atoms with Crippen molar-refractivity contribution in [2.75, 3.05) is 20.2 Å². The van der Waals surface area contributed by atoms with Crippen LogP contribution in [0.3, 0.4) is 0 Å². The van der Waals surface area contributed by atoms with Crippen molar-refractivity contribution in [1.82, 2.24) is 25.5 Å². The molecule has 1 saturated carbocycles. The molecule has 0 radical (unpaired) electrons. The molecule has 3 rings (SSSR count). The lowest BCUT2D eigenvalue weighted by molar-refractivity contribution is -0.125. The maximum absolute atomic E-state index is 5.96. The predicted molar refractivity (Wildman–Crippen MR) is 73.2 cm³/mol. The number of rotatable bonds is 5. The first-order valence-electron chi connectivity index (χ1n) is 7.03. The summed E-state index contributed by atoms with van der Waals surface area (Å²) in [6, 6.07) is 0. The number of ether oxygens (including phenoxy) is 1. The van der Waals surface area contributed by atoms with Gasteiger partial charge in [-0.1, -0.05) is 11.8 Å². The smallest absolute Gasteiger partial charge is 0.209 e. The van der Waals surface area contributed by atoms with E-state index < -0.39 is 0 Å². The molecule has 6 nitrogen and oxygen atoms in total. The third kappa shape index (κ3) is 2.93. The van der Waals surface area contributed by atoms with E-state index in [1.54, 1.807) is 0 Å². The molecule has 2 heterocycles. The van der Waals surface area contributed by atoms with Crippen molar-refractivity contribution in [3.8, 4) is 0 Å². The standard InChI is InChI=1S/C12H21N5OS/c1-13-6-7-17-11(14-15-16-17)19-10-3-8-18-12(9-10)4-2-5-12/h10,13H,2-9H2,1H3. The number of thioether (sulfide) groups is 1. The van der Waals surface area contributed by atoms with Crippen LogP contribution >= 0.6 is 11.8 Å². The zero-order valence-corrected chi connectivity index (χ0v) is 12.2. The van der Waals surface area contributed by atoms with E-state index in [4.69, 9.17) is 4.74 Å². The van der Waals surface area contributed by atoms with E-state index in [2.05, 4.69) is 20.8 Å². The van der Waals surface area contributed by atoms with Crippen molar-refractivity contribution < 1.29 is 4.74 Å². The maximum atomic E-state index is 5.96. The summed E-state index contributed by atoms with van der Waals surface area (Å²) in [6.07, 6.45) is 6.03. The van der Waals surface area contributed by atoms with E-state index in [9.17, 15) is 0 Å². The first kappa shape index (κ1) is 13.3. The molecule has 19 heavy (non-hydrogen) atoms. The molecule has 1 atom stereocenters. The van der Waals surface area contributed by atoms with Crippen LogP contribution in [0, 0.1) is 0 Å². The van der Waals surface area contributed by atoms with Gasteiger partial charge in [0.25, 0.3) is 0 Å². The maximum Gasteiger partial charge on any atom is 0.209 e. The highest BCUT2D eigenvalue weighted by Gasteiger charge is 2.43. The SMILES string of the molecule is CNCCn1nnnc1SC1CCOC2(CCC2)C1. The van der Waals surface area contributed by atoms with Crippen LogP contribution in [-0.2, 0) is 11.3 Å². The van der Waals surface area contributed by atoms with Gasteiger partial charge in [-0.2, -0.15) is 0 Å². The molecule has 106 valence electrons. The lowest BCUT2D eigenvalue weighted by Gasteiger charge is -2.46. The summed E-state index contributed by atoms with van der Waals surface area (Å²) >= 11 is 1.82. The lowest BCUT2D eigenvalue weighted by Crippen LogP contribution is -2.46. The minimum Gasteiger partial charge on any atom is -0.375 e. The molecule has 7 heteroatoms. The third-order valence-electron chi connectivity index (χ3n) is 4.06. The summed E-state index contributed by atoms with van der Waals surface area (Å²) in [4.78, 5) is 0. The highest BCUT2D eigenvalue weighted by molar-refractivity contribution is 7.99. The van der Waals surface area contributed by atoms with E-state index in [0.29, 0.717) is 5.25 Å². The Bertz CT molecular complexity index is 420. The molecule has 0 aromatic carbocycles. The number of nitrogens with one attached hydrogen (secondary N) is 1. The van der Waals surface area contributed by atoms with Crippen LogP contribution in [0.4, 0.5) is 0 Å². The van der Waals surface area contributed by atoms with Gasteiger partial charge in [-0.25, -0.2) is 4.68 Å². The fraction of sp³-hybridized carbons (Fsp3) is 0.917. The van der Waals surface area contributed by atoms with Crippen LogP contribution in [0.15, 0.2) is 5.16 Å². The van der Waals surface area contributed by atoms with Crippen LogP contribution in [0.1, 0.15) is 32.1 Å². The van der Waals surface area contributed by atoms with Crippen LogP contribution in [-0.4, -0.2) is 51.3 Å². The Morgan fingerprint density at radius 3 is 3.16 bits per heavy atom. The zero-order valence-electron chi connectivity index (χ0n) is 11.3. The molecule has 1 unspecified atom stereocenters. The number of nitrogens with zero attached hydrogens (tertiary/aromatic N) is 4. The van der Waals surface area contributed by atoms with Crippen molar-refractivity contribution in [2.24, 2.45) is 0 Å². The minimum atomic E-state index is 0.194. The van der Waals surface area contributed by atoms with Crippen molar-refractivity contribution in [2.45, 2.75) is 54.7 Å². The monoisotopic (exact) mass is 283 g/mol. The fourth-order valence-corrected chi connectivity index (χ4v) is 4.02.